The maximum absolute atomic E-state index is 14.4. The van der Waals surface area contributed by atoms with Crippen LogP contribution in [0.3, 0.4) is 0 Å². The van der Waals surface area contributed by atoms with E-state index in [1.165, 1.54) is 22.4 Å². The van der Waals surface area contributed by atoms with Crippen molar-refractivity contribution in [1.82, 2.24) is 14.1 Å². The van der Waals surface area contributed by atoms with E-state index in [4.69, 9.17) is 17.0 Å². The molecule has 2 aromatic carbocycles. The highest BCUT2D eigenvalue weighted by Gasteiger charge is 2.21. The van der Waals surface area contributed by atoms with Crippen LogP contribution in [0.25, 0.3) is 21.7 Å². The van der Waals surface area contributed by atoms with E-state index in [1.807, 2.05) is 31.2 Å². The first-order valence-corrected chi connectivity index (χ1v) is 11.2. The van der Waals surface area contributed by atoms with E-state index in [-0.39, 0.29) is 11.2 Å². The second-order valence-electron chi connectivity index (χ2n) is 5.95. The van der Waals surface area contributed by atoms with E-state index >= 15 is 0 Å². The molecule has 0 amide bonds. The summed E-state index contributed by atoms with van der Waals surface area (Å²) in [6.45, 7) is 2.40. The Kier molecular flexibility index (Phi) is 5.53. The van der Waals surface area contributed by atoms with Gasteiger partial charge in [-0.05, 0) is 49.7 Å². The van der Waals surface area contributed by atoms with Gasteiger partial charge in [-0.3, -0.25) is 13.9 Å². The number of aromatic nitrogens is 3. The molecule has 2 heterocycles. The van der Waals surface area contributed by atoms with Gasteiger partial charge in [-0.15, -0.1) is 0 Å². The number of hydrogen-bond donors (Lipinski definition) is 0. The average Bonchev–Trinajstić information content (AvgIpc) is 3.05. The van der Waals surface area contributed by atoms with E-state index < -0.39 is 5.82 Å². The molecule has 0 fully saturated rings. The number of halogens is 1. The van der Waals surface area contributed by atoms with Gasteiger partial charge in [0.05, 0.1) is 18.0 Å². The van der Waals surface area contributed by atoms with Crippen molar-refractivity contribution in [2.24, 2.45) is 0 Å². The fourth-order valence-corrected chi connectivity index (χ4v) is 4.88. The Morgan fingerprint density at radius 3 is 2.52 bits per heavy atom. The summed E-state index contributed by atoms with van der Waals surface area (Å²) in [6.07, 6.45) is 1.80. The summed E-state index contributed by atoms with van der Waals surface area (Å²) in [5.74, 6) is 0.160. The predicted octanol–water partition coefficient (Wildman–Crippen LogP) is 5.23. The molecule has 2 aromatic heterocycles. The highest BCUT2D eigenvalue weighted by atomic mass is 32.2. The summed E-state index contributed by atoms with van der Waals surface area (Å²) >= 11 is 7.98. The number of fused-ring (bicyclic) bond motifs is 1. The molecule has 4 aromatic rings. The van der Waals surface area contributed by atoms with Crippen LogP contribution in [0, 0.1) is 9.77 Å². The highest BCUT2D eigenvalue weighted by molar-refractivity contribution is 7.98. The van der Waals surface area contributed by atoms with E-state index in [0.29, 0.717) is 37.5 Å². The third-order valence-electron chi connectivity index (χ3n) is 4.26. The number of benzene rings is 2. The molecule has 0 radical (unpaired) electrons. The van der Waals surface area contributed by atoms with Crippen molar-refractivity contribution < 1.29 is 9.13 Å². The fourth-order valence-electron chi connectivity index (χ4n) is 3.05. The molecule has 0 unspecified atom stereocenters. The van der Waals surface area contributed by atoms with Gasteiger partial charge in [-0.2, -0.15) is 0 Å². The normalized spacial score (nSPS) is 11.1. The lowest BCUT2D eigenvalue weighted by molar-refractivity contribution is 0.339. The molecule has 0 saturated heterocycles. The van der Waals surface area contributed by atoms with Crippen LogP contribution in [0.15, 0.2) is 58.5 Å². The number of ether oxygens (including phenoxy) is 1. The topological polar surface area (TPSA) is 49.0 Å². The van der Waals surface area contributed by atoms with E-state index in [9.17, 15) is 9.18 Å². The van der Waals surface area contributed by atoms with Gasteiger partial charge in [-0.1, -0.05) is 47.4 Å². The van der Waals surface area contributed by atoms with Gasteiger partial charge in [0, 0.05) is 0 Å². The van der Waals surface area contributed by atoms with E-state index in [0.717, 1.165) is 11.3 Å². The minimum Gasteiger partial charge on any atom is -0.492 e. The maximum atomic E-state index is 14.4. The Morgan fingerprint density at radius 1 is 1.14 bits per heavy atom. The van der Waals surface area contributed by atoms with Crippen molar-refractivity contribution in [2.75, 3.05) is 12.9 Å². The summed E-state index contributed by atoms with van der Waals surface area (Å²) in [5.41, 5.74) is 0.965. The third kappa shape index (κ3) is 3.39. The first-order chi connectivity index (χ1) is 14.1. The van der Waals surface area contributed by atoms with Crippen LogP contribution in [0.2, 0.25) is 0 Å². The molecule has 0 aliphatic heterocycles. The van der Waals surface area contributed by atoms with Crippen LogP contribution in [-0.2, 0) is 0 Å². The quantitative estimate of drug-likeness (QED) is 0.239. The van der Waals surface area contributed by atoms with Crippen LogP contribution in [0.4, 0.5) is 4.39 Å². The molecule has 0 aliphatic carbocycles. The SMILES string of the molecule is CCOc1ccccc1-n1c(=S)sc2c(=O)n(-c3ccccc3F)c(SC)nc21. The largest absolute Gasteiger partial charge is 0.492 e. The van der Waals surface area contributed by atoms with Crippen LogP contribution in [0.5, 0.6) is 5.75 Å². The van der Waals surface area contributed by atoms with Gasteiger partial charge < -0.3 is 4.74 Å². The zero-order chi connectivity index (χ0) is 20.5. The molecular formula is C20H16FN3O2S3. The monoisotopic (exact) mass is 445 g/mol. The number of nitrogens with zero attached hydrogens (tertiary/aromatic N) is 3. The molecule has 29 heavy (non-hydrogen) atoms. The number of para-hydroxylation sites is 3. The molecule has 9 heteroatoms. The molecule has 0 aliphatic rings. The lowest BCUT2D eigenvalue weighted by atomic mass is 10.3. The summed E-state index contributed by atoms with van der Waals surface area (Å²) < 4.78 is 24.0. The van der Waals surface area contributed by atoms with Crippen LogP contribution >= 0.6 is 35.3 Å². The molecule has 5 nitrogen and oxygen atoms in total. The molecule has 0 N–H and O–H groups in total. The first kappa shape index (κ1) is 19.8. The fraction of sp³-hybridized carbons (Fsp3) is 0.150. The van der Waals surface area contributed by atoms with Gasteiger partial charge in [0.25, 0.3) is 5.56 Å². The van der Waals surface area contributed by atoms with Crippen molar-refractivity contribution in [3.05, 3.63) is 68.7 Å². The van der Waals surface area contributed by atoms with Crippen molar-refractivity contribution in [2.45, 2.75) is 12.1 Å². The first-order valence-electron chi connectivity index (χ1n) is 8.76. The molecule has 0 bridgehead atoms. The second-order valence-corrected chi connectivity index (χ2v) is 8.36. The Labute approximate surface area is 179 Å². The van der Waals surface area contributed by atoms with Gasteiger partial charge in [0.15, 0.2) is 14.8 Å². The number of thioether (sulfide) groups is 1. The Morgan fingerprint density at radius 2 is 1.83 bits per heavy atom. The zero-order valence-corrected chi connectivity index (χ0v) is 18.0. The highest BCUT2D eigenvalue weighted by Crippen LogP contribution is 2.31. The van der Waals surface area contributed by atoms with E-state index in [2.05, 4.69) is 4.98 Å². The molecule has 0 atom stereocenters. The summed E-state index contributed by atoms with van der Waals surface area (Å²) in [6, 6.07) is 13.6. The molecule has 0 spiro atoms. The molecule has 4 rings (SSSR count). The third-order valence-corrected chi connectivity index (χ3v) is 6.25. The smallest absolute Gasteiger partial charge is 0.278 e. The lowest BCUT2D eigenvalue weighted by Gasteiger charge is -2.13. The minimum absolute atomic E-state index is 0.164. The number of rotatable bonds is 5. The second kappa shape index (κ2) is 8.10. The van der Waals surface area contributed by atoms with Gasteiger partial charge in [0.2, 0.25) is 0 Å². The zero-order valence-electron chi connectivity index (χ0n) is 15.6. The molecule has 0 saturated carbocycles. The molecular weight excluding hydrogens is 429 g/mol. The van der Waals surface area contributed by atoms with Crippen molar-refractivity contribution >= 4 is 45.7 Å². The van der Waals surface area contributed by atoms with Crippen LogP contribution in [0.1, 0.15) is 6.92 Å². The predicted molar refractivity (Wildman–Crippen MR) is 118 cm³/mol. The number of hydrogen-bond acceptors (Lipinski definition) is 6. The molecule has 148 valence electrons. The Balaban J connectivity index is 2.07. The van der Waals surface area contributed by atoms with Crippen molar-refractivity contribution in [3.63, 3.8) is 0 Å². The summed E-state index contributed by atoms with van der Waals surface area (Å²) in [5, 5.41) is 0.378. The summed E-state index contributed by atoms with van der Waals surface area (Å²) in [4.78, 5) is 18.0. The van der Waals surface area contributed by atoms with Gasteiger partial charge in [0.1, 0.15) is 16.3 Å². The van der Waals surface area contributed by atoms with Crippen molar-refractivity contribution in [3.8, 4) is 17.1 Å². The van der Waals surface area contributed by atoms with Gasteiger partial charge in [-0.25, -0.2) is 9.37 Å². The number of thiazole rings is 1. The Hall–Kier alpha value is -2.49. The van der Waals surface area contributed by atoms with Crippen LogP contribution < -0.4 is 10.3 Å². The van der Waals surface area contributed by atoms with Gasteiger partial charge >= 0.3 is 0 Å². The standard InChI is InChI=1S/C20H16FN3O2S3/c1-3-26-15-11-7-6-10-14(15)23-17-16(29-20(23)27)18(25)24(19(22-17)28-2)13-9-5-4-8-12(13)21/h4-11H,3H2,1-2H3. The van der Waals surface area contributed by atoms with Crippen molar-refractivity contribution in [1.29, 1.82) is 0 Å². The maximum Gasteiger partial charge on any atom is 0.278 e. The minimum atomic E-state index is -0.490. The van der Waals surface area contributed by atoms with Crippen LogP contribution in [-0.4, -0.2) is 27.0 Å². The lowest BCUT2D eigenvalue weighted by Crippen LogP contribution is -2.22. The summed E-state index contributed by atoms with van der Waals surface area (Å²) in [7, 11) is 0. The average molecular weight is 446 g/mol. The Bertz CT molecular complexity index is 1330. The van der Waals surface area contributed by atoms with E-state index in [1.54, 1.807) is 29.0 Å².